The molecule has 41 heavy (non-hydrogen) atoms. The molecular weight excluding hydrogens is 546 g/mol. The Bertz CT molecular complexity index is 1430. The van der Waals surface area contributed by atoms with Crippen molar-refractivity contribution in [3.8, 4) is 17.2 Å². The van der Waals surface area contributed by atoms with Crippen LogP contribution >= 0.6 is 11.3 Å². The number of nitrogens with one attached hydrogen (secondary N) is 2. The van der Waals surface area contributed by atoms with Crippen LogP contribution in [0.15, 0.2) is 47.6 Å². The predicted octanol–water partition coefficient (Wildman–Crippen LogP) is 5.08. The van der Waals surface area contributed by atoms with Gasteiger partial charge in [-0.2, -0.15) is 5.10 Å². The molecular formula is C30H33N3O7S. The number of benzene rings is 2. The topological polar surface area (TPSA) is 136 Å². The molecule has 0 fully saturated rings. The van der Waals surface area contributed by atoms with Crippen molar-refractivity contribution < 1.29 is 33.7 Å². The number of ether oxygens (including phenoxy) is 3. The number of phenols is 1. The van der Waals surface area contributed by atoms with E-state index in [9.17, 15) is 19.5 Å². The van der Waals surface area contributed by atoms with Crippen LogP contribution in [0.4, 0.5) is 5.00 Å². The molecule has 1 aliphatic carbocycles. The molecule has 10 nitrogen and oxygen atoms in total. The number of esters is 1. The Morgan fingerprint density at radius 3 is 2.56 bits per heavy atom. The third kappa shape index (κ3) is 7.43. The summed E-state index contributed by atoms with van der Waals surface area (Å²) in [4.78, 5) is 39.2. The van der Waals surface area contributed by atoms with Gasteiger partial charge in [0.15, 0.2) is 17.6 Å². The number of phenolic OH excluding ortho intramolecular Hbond substituents is 1. The van der Waals surface area contributed by atoms with Crippen LogP contribution in [-0.4, -0.2) is 48.4 Å². The molecule has 2 aromatic carbocycles. The molecule has 1 aromatic heterocycles. The normalized spacial score (nSPS) is 13.2. The smallest absolute Gasteiger partial charge is 0.341 e. The van der Waals surface area contributed by atoms with Gasteiger partial charge in [-0.3, -0.25) is 9.59 Å². The van der Waals surface area contributed by atoms with Crippen molar-refractivity contribution in [2.24, 2.45) is 5.10 Å². The molecule has 0 saturated heterocycles. The van der Waals surface area contributed by atoms with Crippen LogP contribution in [0.5, 0.6) is 17.2 Å². The van der Waals surface area contributed by atoms with Gasteiger partial charge in [-0.15, -0.1) is 11.3 Å². The number of carbonyl (C=O) groups excluding carboxylic acids is 3. The lowest BCUT2D eigenvalue weighted by Crippen LogP contribution is -2.33. The number of fused-ring (bicyclic) bond motifs is 1. The van der Waals surface area contributed by atoms with E-state index in [0.29, 0.717) is 39.8 Å². The van der Waals surface area contributed by atoms with E-state index in [2.05, 4.69) is 15.8 Å². The van der Waals surface area contributed by atoms with Crippen LogP contribution in [0.3, 0.4) is 0 Å². The van der Waals surface area contributed by atoms with E-state index in [1.807, 2.05) is 6.92 Å². The number of aryl methyl sites for hydroxylation is 1. The molecule has 0 aliphatic heterocycles. The van der Waals surface area contributed by atoms with Crippen molar-refractivity contribution in [3.05, 3.63) is 69.6 Å². The summed E-state index contributed by atoms with van der Waals surface area (Å²) in [5.74, 6) is -0.508. The summed E-state index contributed by atoms with van der Waals surface area (Å²) in [5, 5.41) is 17.1. The molecule has 1 aliphatic rings. The fourth-order valence-corrected chi connectivity index (χ4v) is 5.61. The van der Waals surface area contributed by atoms with Crippen molar-refractivity contribution in [2.45, 2.75) is 52.6 Å². The Balaban J connectivity index is 1.34. The molecule has 11 heteroatoms. The maximum atomic E-state index is 13.0. The van der Waals surface area contributed by atoms with E-state index in [1.165, 1.54) is 23.6 Å². The van der Waals surface area contributed by atoms with Crippen molar-refractivity contribution in [1.29, 1.82) is 0 Å². The van der Waals surface area contributed by atoms with Gasteiger partial charge in [0.1, 0.15) is 10.8 Å². The van der Waals surface area contributed by atoms with Crippen LogP contribution in [0.25, 0.3) is 0 Å². The van der Waals surface area contributed by atoms with E-state index in [1.54, 1.807) is 50.2 Å². The number of hydrogen-bond acceptors (Lipinski definition) is 9. The SMILES string of the molecule is CCOC(=O)c1c(NC(=O)c2ccc(O[C@H](C)C(=O)N/N=C\c3ccc(O)c(OCC)c3)cc2)sc2c1CCCC2. The molecule has 216 valence electrons. The van der Waals surface area contributed by atoms with Crippen molar-refractivity contribution in [1.82, 2.24) is 5.43 Å². The van der Waals surface area contributed by atoms with Crippen LogP contribution in [0, 0.1) is 0 Å². The first kappa shape index (κ1) is 29.6. The number of rotatable bonds is 11. The fourth-order valence-electron chi connectivity index (χ4n) is 4.33. The highest BCUT2D eigenvalue weighted by Gasteiger charge is 2.27. The Labute approximate surface area is 242 Å². The second-order valence-corrected chi connectivity index (χ2v) is 10.4. The van der Waals surface area contributed by atoms with Crippen molar-refractivity contribution in [3.63, 3.8) is 0 Å². The monoisotopic (exact) mass is 579 g/mol. The van der Waals surface area contributed by atoms with Gasteiger partial charge in [-0.25, -0.2) is 10.2 Å². The minimum atomic E-state index is -0.866. The summed E-state index contributed by atoms with van der Waals surface area (Å²) in [6.45, 7) is 5.80. The third-order valence-electron chi connectivity index (χ3n) is 6.35. The van der Waals surface area contributed by atoms with Crippen LogP contribution in [0.1, 0.15) is 70.3 Å². The van der Waals surface area contributed by atoms with Crippen LogP contribution < -0.4 is 20.2 Å². The summed E-state index contributed by atoms with van der Waals surface area (Å²) < 4.78 is 16.3. The average Bonchev–Trinajstić information content (AvgIpc) is 3.33. The Hall–Kier alpha value is -4.38. The Kier molecular flexibility index (Phi) is 9.96. The van der Waals surface area contributed by atoms with E-state index in [0.717, 1.165) is 36.1 Å². The van der Waals surface area contributed by atoms with E-state index >= 15 is 0 Å². The van der Waals surface area contributed by atoms with Crippen LogP contribution in [0.2, 0.25) is 0 Å². The molecule has 0 radical (unpaired) electrons. The lowest BCUT2D eigenvalue weighted by molar-refractivity contribution is -0.127. The van der Waals surface area contributed by atoms with Gasteiger partial charge in [-0.1, -0.05) is 0 Å². The van der Waals surface area contributed by atoms with Gasteiger partial charge in [0.05, 0.1) is 25.0 Å². The lowest BCUT2D eigenvalue weighted by Gasteiger charge is -2.13. The number of anilines is 1. The second-order valence-electron chi connectivity index (χ2n) is 9.27. The van der Waals surface area contributed by atoms with Crippen molar-refractivity contribution >= 4 is 40.3 Å². The Morgan fingerprint density at radius 2 is 1.83 bits per heavy atom. The molecule has 0 saturated carbocycles. The number of thiophene rings is 1. The number of hydrazone groups is 1. The maximum absolute atomic E-state index is 13.0. The number of carbonyl (C=O) groups is 3. The zero-order valence-corrected chi connectivity index (χ0v) is 24.0. The zero-order chi connectivity index (χ0) is 29.4. The van der Waals surface area contributed by atoms with E-state index in [-0.39, 0.29) is 18.3 Å². The standard InChI is InChI=1S/C30H33N3O7S/c1-4-38-24-16-19(10-15-23(24)34)17-31-33-27(35)18(3)40-21-13-11-20(12-14-21)28(36)32-29-26(30(37)39-5-2)22-8-6-7-9-25(22)41-29/h10-18,34H,4-9H2,1-3H3,(H,32,36)(H,33,35)/b31-17-/t18-/m1/s1. The Morgan fingerprint density at radius 1 is 1.07 bits per heavy atom. The summed E-state index contributed by atoms with van der Waals surface area (Å²) in [6.07, 6.45) is 4.30. The lowest BCUT2D eigenvalue weighted by atomic mass is 9.95. The van der Waals surface area contributed by atoms with Gasteiger partial charge >= 0.3 is 5.97 Å². The van der Waals surface area contributed by atoms with Crippen molar-refractivity contribution in [2.75, 3.05) is 18.5 Å². The van der Waals surface area contributed by atoms with Gasteiger partial charge in [0.2, 0.25) is 0 Å². The zero-order valence-electron chi connectivity index (χ0n) is 23.2. The summed E-state index contributed by atoms with van der Waals surface area (Å²) in [6, 6.07) is 11.1. The predicted molar refractivity (Wildman–Crippen MR) is 156 cm³/mol. The highest BCUT2D eigenvalue weighted by molar-refractivity contribution is 7.17. The molecule has 3 aromatic rings. The molecule has 3 N–H and O–H groups in total. The third-order valence-corrected chi connectivity index (χ3v) is 7.56. The largest absolute Gasteiger partial charge is 0.504 e. The molecule has 4 rings (SSSR count). The fraction of sp³-hybridized carbons (Fsp3) is 0.333. The maximum Gasteiger partial charge on any atom is 0.341 e. The van der Waals surface area contributed by atoms with E-state index in [4.69, 9.17) is 14.2 Å². The first-order valence-electron chi connectivity index (χ1n) is 13.5. The van der Waals surface area contributed by atoms with Crippen LogP contribution in [-0.2, 0) is 22.4 Å². The number of amides is 2. The highest BCUT2D eigenvalue weighted by atomic mass is 32.1. The van der Waals surface area contributed by atoms with Gasteiger partial charge in [0, 0.05) is 10.4 Å². The minimum Gasteiger partial charge on any atom is -0.504 e. The molecule has 0 bridgehead atoms. The number of hydrogen-bond donors (Lipinski definition) is 3. The number of nitrogens with zero attached hydrogens (tertiary/aromatic N) is 1. The first-order chi connectivity index (χ1) is 19.8. The molecule has 0 spiro atoms. The molecule has 0 unspecified atom stereocenters. The summed E-state index contributed by atoms with van der Waals surface area (Å²) in [7, 11) is 0. The average molecular weight is 580 g/mol. The van der Waals surface area contributed by atoms with Gasteiger partial charge in [-0.05, 0) is 100 Å². The highest BCUT2D eigenvalue weighted by Crippen LogP contribution is 2.39. The molecule has 1 heterocycles. The number of aromatic hydroxyl groups is 1. The van der Waals surface area contributed by atoms with Gasteiger partial charge in [0.25, 0.3) is 11.8 Å². The second kappa shape index (κ2) is 13.8. The molecule has 2 amide bonds. The van der Waals surface area contributed by atoms with E-state index < -0.39 is 18.0 Å². The quantitative estimate of drug-likeness (QED) is 0.164. The van der Waals surface area contributed by atoms with Gasteiger partial charge < -0.3 is 24.6 Å². The first-order valence-corrected chi connectivity index (χ1v) is 14.3. The molecule has 1 atom stereocenters. The summed E-state index contributed by atoms with van der Waals surface area (Å²) >= 11 is 1.43. The summed E-state index contributed by atoms with van der Waals surface area (Å²) in [5.41, 5.74) is 4.87. The minimum absolute atomic E-state index is 0.0187.